The van der Waals surface area contributed by atoms with Crippen molar-refractivity contribution in [1.29, 1.82) is 0 Å². The van der Waals surface area contributed by atoms with Gasteiger partial charge in [-0.3, -0.25) is 38.4 Å². The normalized spacial score (nSPS) is 12.8. The molecule has 3 amide bonds. The standard InChI is InChI=1S/C42H58F3N5O13/c1-28(51)18-32(41(58)59)22-35(52)9-5-13-60-14-15-61-26-39(56)50-63-17-16-62-25-38(55)48-12-3-2-7-30(40(46)57)23-37(54)31(21-36(53)11-10-34-24-47-27-49-34)19-29-6-4-8-33(20-29)42(43,44)45/h4,6,8,20,24,27,30-32H,2-3,5,7,9-19,21-23,25-26H2,1H3,(H2,46,57)(H,47,49)(H,48,55)(H,50,56)(H,58,59)/t30-,31-,32-/m1/s1. The van der Waals surface area contributed by atoms with Crippen molar-refractivity contribution in [1.82, 2.24) is 20.8 Å². The van der Waals surface area contributed by atoms with Gasteiger partial charge in [0.25, 0.3) is 5.91 Å². The molecule has 0 aliphatic heterocycles. The zero-order chi connectivity index (χ0) is 46.6. The van der Waals surface area contributed by atoms with Crippen LogP contribution in [-0.2, 0) is 76.4 Å². The number of nitrogens with one attached hydrogen (secondary N) is 3. The molecule has 18 nitrogen and oxygen atoms in total. The fourth-order valence-corrected chi connectivity index (χ4v) is 6.23. The Morgan fingerprint density at radius 2 is 1.49 bits per heavy atom. The number of unbranched alkanes of at least 4 members (excludes halogenated alkanes) is 1. The monoisotopic (exact) mass is 897 g/mol. The smallest absolute Gasteiger partial charge is 0.416 e. The van der Waals surface area contributed by atoms with Gasteiger partial charge in [0.1, 0.15) is 36.3 Å². The van der Waals surface area contributed by atoms with Gasteiger partial charge in [0, 0.05) is 75.4 Å². The third-order valence-electron chi connectivity index (χ3n) is 9.50. The summed E-state index contributed by atoms with van der Waals surface area (Å²) in [6, 6.07) is 4.54. The summed E-state index contributed by atoms with van der Waals surface area (Å²) in [6.07, 6.45) is -0.727. The Morgan fingerprint density at radius 1 is 0.810 bits per heavy atom. The van der Waals surface area contributed by atoms with Crippen molar-refractivity contribution in [2.24, 2.45) is 23.5 Å². The topological polar surface area (TPSA) is 272 Å². The number of amides is 3. The molecule has 6 N–H and O–H groups in total. The van der Waals surface area contributed by atoms with Crippen LogP contribution in [0.4, 0.5) is 13.2 Å². The van der Waals surface area contributed by atoms with E-state index < -0.39 is 59.0 Å². The number of carbonyl (C=O) groups excluding carboxylic acids is 7. The first kappa shape index (κ1) is 53.8. The van der Waals surface area contributed by atoms with Crippen LogP contribution < -0.4 is 16.5 Å². The number of aromatic amines is 1. The lowest BCUT2D eigenvalue weighted by atomic mass is 9.84. The number of ether oxygens (including phenoxy) is 3. The van der Waals surface area contributed by atoms with Crippen molar-refractivity contribution in [3.63, 3.8) is 0 Å². The van der Waals surface area contributed by atoms with Gasteiger partial charge in [-0.05, 0) is 50.7 Å². The molecule has 1 aromatic heterocycles. The Balaban J connectivity index is 1.60. The van der Waals surface area contributed by atoms with Gasteiger partial charge in [-0.25, -0.2) is 10.5 Å². The Labute approximate surface area is 362 Å². The summed E-state index contributed by atoms with van der Waals surface area (Å²) >= 11 is 0. The first-order valence-corrected chi connectivity index (χ1v) is 20.6. The van der Waals surface area contributed by atoms with Gasteiger partial charge in [0.05, 0.1) is 44.2 Å². The Bertz CT molecular complexity index is 1780. The molecular weight excluding hydrogens is 839 g/mol. The Morgan fingerprint density at radius 3 is 2.16 bits per heavy atom. The minimum absolute atomic E-state index is 0.0302. The SMILES string of the molecule is CC(=O)C[C@H](CC(=O)CCCOCCOCC(=O)NOCCOCC(=O)NCCCC[C@H](CC(=O)[C@@H](CC(=O)CCc1cnc[nH]1)Cc1cccc(C(F)(F)F)c1)C(N)=O)C(=O)O. The second-order valence-electron chi connectivity index (χ2n) is 14.9. The summed E-state index contributed by atoms with van der Waals surface area (Å²) in [7, 11) is 0. The molecule has 2 aromatic rings. The van der Waals surface area contributed by atoms with Gasteiger partial charge in [0.15, 0.2) is 0 Å². The second-order valence-corrected chi connectivity index (χ2v) is 14.9. The highest BCUT2D eigenvalue weighted by atomic mass is 19.4. The van der Waals surface area contributed by atoms with Crippen molar-refractivity contribution in [2.45, 2.75) is 90.1 Å². The number of carboxylic acids is 1. The van der Waals surface area contributed by atoms with E-state index in [1.165, 1.54) is 25.4 Å². The zero-order valence-corrected chi connectivity index (χ0v) is 35.3. The summed E-state index contributed by atoms with van der Waals surface area (Å²) in [5, 5.41) is 11.8. The molecule has 0 radical (unpaired) electrons. The number of halogens is 3. The van der Waals surface area contributed by atoms with Gasteiger partial charge in [0.2, 0.25) is 11.8 Å². The number of nitrogens with zero attached hydrogens (tertiary/aromatic N) is 1. The van der Waals surface area contributed by atoms with Crippen molar-refractivity contribution < 1.29 is 75.7 Å². The number of Topliss-reactive ketones (excluding diaryl/α,β-unsaturated/α-hetero) is 4. The van der Waals surface area contributed by atoms with Crippen molar-refractivity contribution in [2.75, 3.05) is 52.8 Å². The zero-order valence-electron chi connectivity index (χ0n) is 35.3. The minimum Gasteiger partial charge on any atom is -0.481 e. The molecule has 21 heteroatoms. The number of nitrogens with two attached hydrogens (primary N) is 1. The van der Waals surface area contributed by atoms with E-state index in [0.29, 0.717) is 31.4 Å². The number of benzene rings is 1. The maximum atomic E-state index is 13.5. The number of rotatable bonds is 36. The molecule has 0 fully saturated rings. The molecule has 0 saturated heterocycles. The predicted molar refractivity (Wildman–Crippen MR) is 216 cm³/mol. The Hall–Kier alpha value is -5.38. The summed E-state index contributed by atoms with van der Waals surface area (Å²) in [5.74, 6) is -7.15. The fraction of sp³-hybridized carbons (Fsp3) is 0.595. The van der Waals surface area contributed by atoms with E-state index in [1.54, 1.807) is 6.20 Å². The molecule has 0 spiro atoms. The average molecular weight is 898 g/mol. The Kier molecular flexibility index (Phi) is 25.5. The molecule has 63 heavy (non-hydrogen) atoms. The van der Waals surface area contributed by atoms with E-state index in [4.69, 9.17) is 29.9 Å². The van der Waals surface area contributed by atoms with E-state index in [9.17, 15) is 51.5 Å². The average Bonchev–Trinajstić information content (AvgIpc) is 3.74. The van der Waals surface area contributed by atoms with Gasteiger partial charge < -0.3 is 40.1 Å². The summed E-state index contributed by atoms with van der Waals surface area (Å²) in [6.45, 7) is 1.21. The maximum absolute atomic E-state index is 13.5. The third-order valence-corrected chi connectivity index (χ3v) is 9.50. The van der Waals surface area contributed by atoms with Crippen LogP contribution in [0.15, 0.2) is 36.8 Å². The fourth-order valence-electron chi connectivity index (χ4n) is 6.23. The van der Waals surface area contributed by atoms with E-state index in [0.717, 1.165) is 12.1 Å². The number of imidazole rings is 1. The van der Waals surface area contributed by atoms with E-state index in [2.05, 4.69) is 20.8 Å². The third kappa shape index (κ3) is 24.7. The quantitative estimate of drug-likeness (QED) is 0.0486. The highest BCUT2D eigenvalue weighted by Gasteiger charge is 2.32. The van der Waals surface area contributed by atoms with Gasteiger partial charge in [-0.2, -0.15) is 13.2 Å². The number of hydroxylamine groups is 1. The van der Waals surface area contributed by atoms with Crippen LogP contribution in [0.1, 0.15) is 88.0 Å². The van der Waals surface area contributed by atoms with Crippen LogP contribution in [0.25, 0.3) is 0 Å². The number of hydrogen-bond acceptors (Lipinski definition) is 13. The van der Waals surface area contributed by atoms with Crippen molar-refractivity contribution in [3.8, 4) is 0 Å². The largest absolute Gasteiger partial charge is 0.481 e. The summed E-state index contributed by atoms with van der Waals surface area (Å²) < 4.78 is 55.8. The first-order chi connectivity index (χ1) is 29.9. The van der Waals surface area contributed by atoms with Crippen LogP contribution >= 0.6 is 0 Å². The van der Waals surface area contributed by atoms with Crippen LogP contribution in [0.5, 0.6) is 0 Å². The summed E-state index contributed by atoms with van der Waals surface area (Å²) in [4.78, 5) is 109. The van der Waals surface area contributed by atoms with Gasteiger partial charge in [-0.15, -0.1) is 0 Å². The van der Waals surface area contributed by atoms with E-state index in [-0.39, 0.29) is 127 Å². The van der Waals surface area contributed by atoms with Crippen LogP contribution in [-0.4, -0.2) is 115 Å². The number of carboxylic acid groups (broad SMARTS) is 1. The van der Waals surface area contributed by atoms with Crippen LogP contribution in [0.2, 0.25) is 0 Å². The molecule has 1 aromatic carbocycles. The molecule has 350 valence electrons. The molecule has 0 unspecified atom stereocenters. The predicted octanol–water partition coefficient (Wildman–Crippen LogP) is 3.04. The number of carbonyl (C=O) groups is 8. The summed E-state index contributed by atoms with van der Waals surface area (Å²) in [5.41, 5.74) is 7.81. The minimum atomic E-state index is -4.60. The second kappa shape index (κ2) is 29.8. The number of aromatic nitrogens is 2. The maximum Gasteiger partial charge on any atom is 0.416 e. The molecule has 3 atom stereocenters. The number of aliphatic carboxylic acids is 1. The van der Waals surface area contributed by atoms with Gasteiger partial charge >= 0.3 is 12.1 Å². The number of aryl methyl sites for hydroxylation is 1. The molecule has 0 saturated carbocycles. The molecular formula is C42H58F3N5O13. The molecule has 2 rings (SSSR count). The number of alkyl halides is 3. The van der Waals surface area contributed by atoms with Crippen LogP contribution in [0, 0.1) is 17.8 Å². The van der Waals surface area contributed by atoms with Gasteiger partial charge in [-0.1, -0.05) is 24.6 Å². The van der Waals surface area contributed by atoms with Crippen molar-refractivity contribution in [3.05, 3.63) is 53.6 Å². The highest BCUT2D eigenvalue weighted by Crippen LogP contribution is 2.31. The van der Waals surface area contributed by atoms with E-state index >= 15 is 0 Å². The lowest BCUT2D eigenvalue weighted by Crippen LogP contribution is -2.31. The molecule has 0 bridgehead atoms. The molecule has 0 aliphatic carbocycles. The highest BCUT2D eigenvalue weighted by molar-refractivity contribution is 5.91. The van der Waals surface area contributed by atoms with Crippen molar-refractivity contribution >= 4 is 46.8 Å². The molecule has 0 aliphatic rings. The number of H-pyrrole nitrogens is 1. The van der Waals surface area contributed by atoms with Crippen LogP contribution in [0.3, 0.4) is 0 Å². The van der Waals surface area contributed by atoms with E-state index in [1.807, 2.05) is 0 Å². The number of hydrogen-bond donors (Lipinski definition) is 5. The number of ketones is 4. The lowest BCUT2D eigenvalue weighted by molar-refractivity contribution is -0.145. The number of primary amides is 1. The first-order valence-electron chi connectivity index (χ1n) is 20.6. The molecule has 1 heterocycles. The lowest BCUT2D eigenvalue weighted by Gasteiger charge is -2.19.